The van der Waals surface area contributed by atoms with Crippen LogP contribution in [0.5, 0.6) is 0 Å². The minimum Gasteiger partial charge on any atom is -0.461 e. The summed E-state index contributed by atoms with van der Waals surface area (Å²) < 4.78 is 9.87. The van der Waals surface area contributed by atoms with E-state index in [-0.39, 0.29) is 30.9 Å². The van der Waals surface area contributed by atoms with Crippen LogP contribution in [0.4, 0.5) is 0 Å². The highest BCUT2D eigenvalue weighted by Gasteiger charge is 2.07. The maximum absolute atomic E-state index is 12.2. The highest BCUT2D eigenvalue weighted by Crippen LogP contribution is 2.11. The molecule has 26 heavy (non-hydrogen) atoms. The highest BCUT2D eigenvalue weighted by molar-refractivity contribution is 5.83. The van der Waals surface area contributed by atoms with E-state index in [1.807, 2.05) is 48.5 Å². The zero-order valence-electron chi connectivity index (χ0n) is 15.0. The summed E-state index contributed by atoms with van der Waals surface area (Å²) in [6.07, 6.45) is 0.700. The molecule has 0 atom stereocenters. The molecule has 5 nitrogen and oxygen atoms in total. The van der Waals surface area contributed by atoms with Crippen LogP contribution in [-0.2, 0) is 49.9 Å². The van der Waals surface area contributed by atoms with Crippen LogP contribution in [-0.4, -0.2) is 17.7 Å². The number of carbonyl (C=O) groups is 3. The van der Waals surface area contributed by atoms with E-state index in [0.29, 0.717) is 12.8 Å². The molecule has 0 aliphatic heterocycles. The first-order chi connectivity index (χ1) is 12.4. The second kappa shape index (κ2) is 9.51. The van der Waals surface area contributed by atoms with Gasteiger partial charge in [0.05, 0.1) is 0 Å². The number of benzene rings is 2. The van der Waals surface area contributed by atoms with Crippen LogP contribution in [0.3, 0.4) is 0 Å². The summed E-state index contributed by atoms with van der Waals surface area (Å²) in [7, 11) is 0. The predicted molar refractivity (Wildman–Crippen MR) is 96.2 cm³/mol. The molecule has 0 aliphatic carbocycles. The molecule has 0 saturated heterocycles. The summed E-state index contributed by atoms with van der Waals surface area (Å²) in [5, 5.41) is 0. The molecular formula is C21H22O5. The molecule has 0 heterocycles. The fourth-order valence-electron chi connectivity index (χ4n) is 2.39. The van der Waals surface area contributed by atoms with Gasteiger partial charge in [0.15, 0.2) is 0 Å². The van der Waals surface area contributed by atoms with Gasteiger partial charge in [-0.25, -0.2) is 0 Å². The molecule has 136 valence electrons. The second-order valence-corrected chi connectivity index (χ2v) is 6.09. The maximum atomic E-state index is 12.2. The highest BCUT2D eigenvalue weighted by atomic mass is 16.5. The third-order valence-electron chi connectivity index (χ3n) is 3.73. The maximum Gasteiger partial charge on any atom is 0.302 e. The number of hydrogen-bond donors (Lipinski definition) is 0. The zero-order valence-corrected chi connectivity index (χ0v) is 15.0. The van der Waals surface area contributed by atoms with Crippen LogP contribution in [0.2, 0.25) is 0 Å². The van der Waals surface area contributed by atoms with Crippen molar-refractivity contribution in [1.29, 1.82) is 0 Å². The number of ether oxygens (including phenoxy) is 2. The lowest BCUT2D eigenvalue weighted by Gasteiger charge is -2.06. The van der Waals surface area contributed by atoms with Gasteiger partial charge in [-0.05, 0) is 22.3 Å². The molecule has 0 aliphatic rings. The molecule has 0 amide bonds. The summed E-state index contributed by atoms with van der Waals surface area (Å²) in [5.41, 5.74) is 3.63. The van der Waals surface area contributed by atoms with Crippen molar-refractivity contribution in [2.24, 2.45) is 0 Å². The van der Waals surface area contributed by atoms with Gasteiger partial charge in [-0.2, -0.15) is 0 Å². The normalized spacial score (nSPS) is 10.2. The van der Waals surface area contributed by atoms with E-state index in [4.69, 9.17) is 9.47 Å². The molecule has 0 unspecified atom stereocenters. The predicted octanol–water partition coefficient (Wildman–Crippen LogP) is 3.17. The van der Waals surface area contributed by atoms with Gasteiger partial charge in [0.1, 0.15) is 19.0 Å². The van der Waals surface area contributed by atoms with Gasteiger partial charge in [0, 0.05) is 26.7 Å². The van der Waals surface area contributed by atoms with Gasteiger partial charge < -0.3 is 9.47 Å². The van der Waals surface area contributed by atoms with Crippen molar-refractivity contribution in [2.45, 2.75) is 39.9 Å². The monoisotopic (exact) mass is 354 g/mol. The number of esters is 2. The quantitative estimate of drug-likeness (QED) is 0.681. The first-order valence-corrected chi connectivity index (χ1v) is 8.36. The van der Waals surface area contributed by atoms with E-state index in [1.165, 1.54) is 13.8 Å². The third kappa shape index (κ3) is 6.89. The number of hydrogen-bond acceptors (Lipinski definition) is 5. The molecule has 0 radical (unpaired) electrons. The Labute approximate surface area is 152 Å². The summed E-state index contributed by atoms with van der Waals surface area (Å²) in [4.78, 5) is 33.8. The van der Waals surface area contributed by atoms with E-state index in [2.05, 4.69) is 0 Å². The van der Waals surface area contributed by atoms with Crippen LogP contribution in [0.25, 0.3) is 0 Å². The fraction of sp³-hybridized carbons (Fsp3) is 0.286. The minimum atomic E-state index is -0.317. The molecule has 2 rings (SSSR count). The van der Waals surface area contributed by atoms with E-state index in [0.717, 1.165) is 22.3 Å². The van der Waals surface area contributed by atoms with Crippen LogP contribution in [0, 0.1) is 0 Å². The SMILES string of the molecule is CC(=O)OCc1ccc(CC(=O)Cc2ccc(COC(C)=O)cc2)cc1. The Balaban J connectivity index is 1.84. The minimum absolute atomic E-state index is 0.116. The van der Waals surface area contributed by atoms with Crippen molar-refractivity contribution in [2.75, 3.05) is 0 Å². The van der Waals surface area contributed by atoms with E-state index >= 15 is 0 Å². The van der Waals surface area contributed by atoms with E-state index < -0.39 is 0 Å². The second-order valence-electron chi connectivity index (χ2n) is 6.09. The van der Waals surface area contributed by atoms with Crippen molar-refractivity contribution >= 4 is 17.7 Å². The lowest BCUT2D eigenvalue weighted by molar-refractivity contribution is -0.143. The Morgan fingerprint density at radius 2 is 0.923 bits per heavy atom. The standard InChI is InChI=1S/C21H22O5/c1-15(22)25-13-19-7-3-17(4-8-19)11-21(24)12-18-5-9-20(10-6-18)14-26-16(2)23/h3-10H,11-14H2,1-2H3. The average molecular weight is 354 g/mol. The Hall–Kier alpha value is -2.95. The first kappa shape index (κ1) is 19.4. The summed E-state index contributed by atoms with van der Waals surface area (Å²) in [6, 6.07) is 14.9. The number of rotatable bonds is 8. The first-order valence-electron chi connectivity index (χ1n) is 8.36. The lowest BCUT2D eigenvalue weighted by atomic mass is 10.0. The molecular weight excluding hydrogens is 332 g/mol. The molecule has 2 aromatic carbocycles. The number of carbonyl (C=O) groups excluding carboxylic acids is 3. The van der Waals surface area contributed by atoms with Crippen LogP contribution in [0.1, 0.15) is 36.1 Å². The molecule has 0 fully saturated rings. The van der Waals surface area contributed by atoms with Crippen molar-refractivity contribution in [3.8, 4) is 0 Å². The fourth-order valence-corrected chi connectivity index (χ4v) is 2.39. The Bertz CT molecular complexity index is 694. The van der Waals surface area contributed by atoms with Gasteiger partial charge in [0.25, 0.3) is 0 Å². The molecule has 2 aromatic rings. The summed E-state index contributed by atoms with van der Waals surface area (Å²) in [6.45, 7) is 3.22. The molecule has 0 bridgehead atoms. The van der Waals surface area contributed by atoms with E-state index in [1.54, 1.807) is 0 Å². The Morgan fingerprint density at radius 3 is 1.23 bits per heavy atom. The molecule has 5 heteroatoms. The van der Waals surface area contributed by atoms with Crippen molar-refractivity contribution in [1.82, 2.24) is 0 Å². The average Bonchev–Trinajstić information content (AvgIpc) is 2.60. The van der Waals surface area contributed by atoms with Crippen LogP contribution >= 0.6 is 0 Å². The molecule has 0 aromatic heterocycles. The van der Waals surface area contributed by atoms with Crippen LogP contribution in [0.15, 0.2) is 48.5 Å². The Morgan fingerprint density at radius 1 is 0.615 bits per heavy atom. The van der Waals surface area contributed by atoms with Crippen molar-refractivity contribution in [3.63, 3.8) is 0 Å². The largest absolute Gasteiger partial charge is 0.461 e. The number of ketones is 1. The van der Waals surface area contributed by atoms with Gasteiger partial charge in [-0.3, -0.25) is 14.4 Å². The number of Topliss-reactive ketones (excluding diaryl/α,β-unsaturated/α-hetero) is 1. The van der Waals surface area contributed by atoms with Crippen molar-refractivity contribution < 1.29 is 23.9 Å². The zero-order chi connectivity index (χ0) is 18.9. The van der Waals surface area contributed by atoms with Gasteiger partial charge in [0.2, 0.25) is 0 Å². The summed E-state index contributed by atoms with van der Waals surface area (Å²) in [5.74, 6) is -0.517. The van der Waals surface area contributed by atoms with Crippen LogP contribution < -0.4 is 0 Å². The summed E-state index contributed by atoms with van der Waals surface area (Å²) >= 11 is 0. The van der Waals surface area contributed by atoms with Gasteiger partial charge in [-0.15, -0.1) is 0 Å². The Kier molecular flexibility index (Phi) is 7.09. The van der Waals surface area contributed by atoms with Crippen molar-refractivity contribution in [3.05, 3.63) is 70.8 Å². The molecule has 0 N–H and O–H groups in total. The molecule has 0 spiro atoms. The smallest absolute Gasteiger partial charge is 0.302 e. The third-order valence-corrected chi connectivity index (χ3v) is 3.73. The lowest BCUT2D eigenvalue weighted by Crippen LogP contribution is -2.07. The topological polar surface area (TPSA) is 69.7 Å². The van der Waals surface area contributed by atoms with Gasteiger partial charge in [-0.1, -0.05) is 48.5 Å². The van der Waals surface area contributed by atoms with E-state index in [9.17, 15) is 14.4 Å². The molecule has 0 saturated carbocycles. The van der Waals surface area contributed by atoms with Gasteiger partial charge >= 0.3 is 11.9 Å².